The molecule has 2 rings (SSSR count). The van der Waals surface area contributed by atoms with Crippen LogP contribution in [0, 0.1) is 12.7 Å². The molecule has 0 unspecified atom stereocenters. The van der Waals surface area contributed by atoms with Gasteiger partial charge in [0.05, 0.1) is 0 Å². The molecule has 88 valence electrons. The van der Waals surface area contributed by atoms with Gasteiger partial charge in [-0.1, -0.05) is 15.9 Å². The number of rotatable bonds is 2. The van der Waals surface area contributed by atoms with Crippen LogP contribution in [0.5, 0.6) is 0 Å². The average molecular weight is 294 g/mol. The van der Waals surface area contributed by atoms with E-state index in [1.165, 1.54) is 17.7 Å². The van der Waals surface area contributed by atoms with Gasteiger partial charge in [0.25, 0.3) is 0 Å². The lowest BCUT2D eigenvalue weighted by molar-refractivity contribution is 0.628. The molecule has 1 nitrogen and oxygen atoms in total. The normalized spacial score (nSPS) is 10.4. The maximum Gasteiger partial charge on any atom is 0.123 e. The maximum atomic E-state index is 12.9. The highest BCUT2D eigenvalue weighted by molar-refractivity contribution is 9.10. The summed E-state index contributed by atoms with van der Waals surface area (Å²) in [5, 5.41) is 0. The molecular weight excluding hydrogens is 281 g/mol. The van der Waals surface area contributed by atoms with Crippen LogP contribution in [0.4, 0.5) is 15.8 Å². The van der Waals surface area contributed by atoms with Crippen molar-refractivity contribution in [3.05, 3.63) is 58.3 Å². The Labute approximate surface area is 109 Å². The Morgan fingerprint density at radius 3 is 2.24 bits per heavy atom. The van der Waals surface area contributed by atoms with Crippen molar-refractivity contribution >= 4 is 27.3 Å². The SMILES string of the molecule is Cc1cc(Br)cc(N(C)c2ccc(F)cc2)c1. The fraction of sp³-hybridized carbons (Fsp3) is 0.143. The van der Waals surface area contributed by atoms with Crippen molar-refractivity contribution in [2.45, 2.75) is 6.92 Å². The zero-order valence-electron chi connectivity index (χ0n) is 9.74. The van der Waals surface area contributed by atoms with Gasteiger partial charge < -0.3 is 4.90 Å². The van der Waals surface area contributed by atoms with Crippen molar-refractivity contribution in [3.8, 4) is 0 Å². The molecule has 0 saturated heterocycles. The summed E-state index contributed by atoms with van der Waals surface area (Å²) in [6.45, 7) is 2.05. The third-order valence-electron chi connectivity index (χ3n) is 2.63. The summed E-state index contributed by atoms with van der Waals surface area (Å²) in [5.41, 5.74) is 3.22. The minimum absolute atomic E-state index is 0.215. The Morgan fingerprint density at radius 2 is 1.65 bits per heavy atom. The summed E-state index contributed by atoms with van der Waals surface area (Å²) in [4.78, 5) is 2.02. The largest absolute Gasteiger partial charge is 0.345 e. The molecule has 0 aliphatic rings. The molecule has 0 spiro atoms. The van der Waals surface area contributed by atoms with Crippen molar-refractivity contribution in [1.29, 1.82) is 0 Å². The standard InChI is InChI=1S/C14H13BrFN/c1-10-7-11(15)9-14(8-10)17(2)13-5-3-12(16)4-6-13/h3-9H,1-2H3. The fourth-order valence-electron chi connectivity index (χ4n) is 1.72. The van der Waals surface area contributed by atoms with Gasteiger partial charge >= 0.3 is 0 Å². The summed E-state index contributed by atoms with van der Waals surface area (Å²) in [6.07, 6.45) is 0. The first-order valence-corrected chi connectivity index (χ1v) is 6.12. The van der Waals surface area contributed by atoms with Crippen LogP contribution in [0.15, 0.2) is 46.9 Å². The first-order chi connectivity index (χ1) is 8.06. The van der Waals surface area contributed by atoms with E-state index in [1.54, 1.807) is 12.1 Å². The summed E-state index contributed by atoms with van der Waals surface area (Å²) in [7, 11) is 1.97. The smallest absolute Gasteiger partial charge is 0.123 e. The monoisotopic (exact) mass is 293 g/mol. The van der Waals surface area contributed by atoms with Crippen molar-refractivity contribution in [2.24, 2.45) is 0 Å². The van der Waals surface area contributed by atoms with E-state index in [9.17, 15) is 4.39 Å². The molecule has 0 aromatic heterocycles. The van der Waals surface area contributed by atoms with E-state index in [-0.39, 0.29) is 5.82 Å². The molecule has 0 atom stereocenters. The Morgan fingerprint density at radius 1 is 1.00 bits per heavy atom. The van der Waals surface area contributed by atoms with Crippen molar-refractivity contribution in [1.82, 2.24) is 0 Å². The van der Waals surface area contributed by atoms with Crippen LogP contribution < -0.4 is 4.90 Å². The van der Waals surface area contributed by atoms with Crippen LogP contribution in [0.25, 0.3) is 0 Å². The Kier molecular flexibility index (Phi) is 3.48. The zero-order chi connectivity index (χ0) is 12.4. The molecule has 0 amide bonds. The summed E-state index contributed by atoms with van der Waals surface area (Å²) >= 11 is 3.48. The van der Waals surface area contributed by atoms with E-state index in [4.69, 9.17) is 0 Å². The van der Waals surface area contributed by atoms with E-state index < -0.39 is 0 Å². The number of halogens is 2. The number of anilines is 2. The summed E-state index contributed by atoms with van der Waals surface area (Å²) < 4.78 is 13.9. The van der Waals surface area contributed by atoms with Gasteiger partial charge in [-0.05, 0) is 55.0 Å². The van der Waals surface area contributed by atoms with Crippen LogP contribution in [0.1, 0.15) is 5.56 Å². The molecule has 0 fully saturated rings. The summed E-state index contributed by atoms with van der Waals surface area (Å²) in [6, 6.07) is 12.7. The highest BCUT2D eigenvalue weighted by Gasteiger charge is 2.05. The average Bonchev–Trinajstić information content (AvgIpc) is 2.28. The van der Waals surface area contributed by atoms with Gasteiger partial charge in [-0.15, -0.1) is 0 Å². The molecule has 0 N–H and O–H groups in total. The predicted molar refractivity (Wildman–Crippen MR) is 73.3 cm³/mol. The highest BCUT2D eigenvalue weighted by Crippen LogP contribution is 2.27. The second kappa shape index (κ2) is 4.88. The van der Waals surface area contributed by atoms with Gasteiger partial charge in [0.15, 0.2) is 0 Å². The van der Waals surface area contributed by atoms with Gasteiger partial charge in [0.1, 0.15) is 5.82 Å². The maximum absolute atomic E-state index is 12.9. The Balaban J connectivity index is 2.36. The van der Waals surface area contributed by atoms with E-state index in [0.717, 1.165) is 15.8 Å². The topological polar surface area (TPSA) is 3.24 Å². The van der Waals surface area contributed by atoms with Gasteiger partial charge in [0.2, 0.25) is 0 Å². The molecule has 2 aromatic rings. The van der Waals surface area contributed by atoms with Gasteiger partial charge in [-0.25, -0.2) is 4.39 Å². The number of aryl methyl sites for hydroxylation is 1. The number of nitrogens with zero attached hydrogens (tertiary/aromatic N) is 1. The van der Waals surface area contributed by atoms with Crippen molar-refractivity contribution in [2.75, 3.05) is 11.9 Å². The third-order valence-corrected chi connectivity index (χ3v) is 3.09. The molecule has 0 radical (unpaired) electrons. The van der Waals surface area contributed by atoms with E-state index in [2.05, 4.69) is 28.1 Å². The number of hydrogen-bond donors (Lipinski definition) is 0. The van der Waals surface area contributed by atoms with E-state index >= 15 is 0 Å². The lowest BCUT2D eigenvalue weighted by atomic mass is 10.2. The Bertz CT molecular complexity index is 502. The molecular formula is C14H13BrFN. The van der Waals surface area contributed by atoms with E-state index in [0.29, 0.717) is 0 Å². The minimum atomic E-state index is -0.215. The first-order valence-electron chi connectivity index (χ1n) is 5.33. The third kappa shape index (κ3) is 2.86. The molecule has 17 heavy (non-hydrogen) atoms. The highest BCUT2D eigenvalue weighted by atomic mass is 79.9. The van der Waals surface area contributed by atoms with Gasteiger partial charge in [-0.3, -0.25) is 0 Å². The quantitative estimate of drug-likeness (QED) is 0.778. The fourth-order valence-corrected chi connectivity index (χ4v) is 2.32. The van der Waals surface area contributed by atoms with E-state index in [1.807, 2.05) is 24.9 Å². The van der Waals surface area contributed by atoms with Crippen LogP contribution in [0.3, 0.4) is 0 Å². The molecule has 3 heteroatoms. The summed E-state index contributed by atoms with van der Waals surface area (Å²) in [5.74, 6) is -0.215. The number of benzene rings is 2. The molecule has 0 bridgehead atoms. The second-order valence-electron chi connectivity index (χ2n) is 4.02. The molecule has 0 heterocycles. The lowest BCUT2D eigenvalue weighted by Gasteiger charge is -2.20. The predicted octanol–water partition coefficient (Wildman–Crippen LogP) is 4.66. The molecule has 0 saturated carbocycles. The first kappa shape index (κ1) is 12.1. The molecule has 0 aliphatic heterocycles. The van der Waals surface area contributed by atoms with Crippen LogP contribution >= 0.6 is 15.9 Å². The molecule has 2 aromatic carbocycles. The van der Waals surface area contributed by atoms with Crippen LogP contribution in [-0.4, -0.2) is 7.05 Å². The van der Waals surface area contributed by atoms with Crippen molar-refractivity contribution in [3.63, 3.8) is 0 Å². The van der Waals surface area contributed by atoms with Gasteiger partial charge in [-0.2, -0.15) is 0 Å². The van der Waals surface area contributed by atoms with Gasteiger partial charge in [0, 0.05) is 22.9 Å². The number of hydrogen-bond acceptors (Lipinski definition) is 1. The minimum Gasteiger partial charge on any atom is -0.345 e. The lowest BCUT2D eigenvalue weighted by Crippen LogP contribution is -2.09. The van der Waals surface area contributed by atoms with Crippen molar-refractivity contribution < 1.29 is 4.39 Å². The Hall–Kier alpha value is -1.35. The molecule has 0 aliphatic carbocycles. The second-order valence-corrected chi connectivity index (χ2v) is 4.94. The van der Waals surface area contributed by atoms with Crippen LogP contribution in [-0.2, 0) is 0 Å². The van der Waals surface area contributed by atoms with Crippen LogP contribution in [0.2, 0.25) is 0 Å². The zero-order valence-corrected chi connectivity index (χ0v) is 11.3.